The molecule has 4 unspecified atom stereocenters. The van der Waals surface area contributed by atoms with Gasteiger partial charge in [-0.25, -0.2) is 0 Å². The topological polar surface area (TPSA) is 71.1 Å². The number of unbranched alkanes of at least 4 members (excludes halogenated alkanes) is 5. The van der Waals surface area contributed by atoms with Crippen molar-refractivity contribution in [1.82, 2.24) is 0 Å². The van der Waals surface area contributed by atoms with Crippen molar-refractivity contribution in [3.63, 3.8) is 0 Å². The molecule has 2 aliphatic heterocycles. The van der Waals surface area contributed by atoms with Crippen LogP contribution in [-0.4, -0.2) is 49.6 Å². The van der Waals surface area contributed by atoms with E-state index in [0.717, 1.165) is 103 Å². The molecule has 2 fully saturated rings. The number of hydrogen-bond donors (Lipinski definition) is 0. The summed E-state index contributed by atoms with van der Waals surface area (Å²) >= 11 is 0. The van der Waals surface area contributed by atoms with Gasteiger partial charge >= 0.3 is 11.9 Å². The average molecular weight is 455 g/mol. The highest BCUT2D eigenvalue weighted by atomic mass is 16.5. The van der Waals surface area contributed by atoms with E-state index in [4.69, 9.17) is 18.9 Å². The van der Waals surface area contributed by atoms with Crippen molar-refractivity contribution >= 4 is 11.9 Å². The standard InChI is InChI=1S/C26H46O6/c1-21(15-17-23-11-9-19-29-23)31-25(27)13-7-5-3-4-6-8-14-26(28)32-22(2)16-18-24-12-10-20-30-24/h21-24H,3-20H2,1-2H3. The molecule has 2 saturated heterocycles. The van der Waals surface area contributed by atoms with E-state index >= 15 is 0 Å². The molecule has 0 N–H and O–H groups in total. The van der Waals surface area contributed by atoms with Gasteiger partial charge in [-0.3, -0.25) is 9.59 Å². The summed E-state index contributed by atoms with van der Waals surface area (Å²) in [4.78, 5) is 23.9. The molecule has 32 heavy (non-hydrogen) atoms. The summed E-state index contributed by atoms with van der Waals surface area (Å²) in [6, 6.07) is 0. The Morgan fingerprint density at radius 3 is 1.50 bits per heavy atom. The van der Waals surface area contributed by atoms with Crippen molar-refractivity contribution in [2.24, 2.45) is 0 Å². The predicted molar refractivity (Wildman–Crippen MR) is 124 cm³/mol. The lowest BCUT2D eigenvalue weighted by Crippen LogP contribution is -2.17. The Bertz CT molecular complexity index is 464. The number of carbonyl (C=O) groups is 2. The molecule has 0 bridgehead atoms. The zero-order valence-electron chi connectivity index (χ0n) is 20.5. The lowest BCUT2D eigenvalue weighted by Gasteiger charge is -2.15. The fraction of sp³-hybridized carbons (Fsp3) is 0.923. The molecule has 0 radical (unpaired) electrons. The first-order valence-corrected chi connectivity index (χ1v) is 13.1. The first kappa shape index (κ1) is 27.1. The largest absolute Gasteiger partial charge is 0.463 e. The Balaban J connectivity index is 1.35. The first-order valence-electron chi connectivity index (χ1n) is 13.1. The molecule has 2 aliphatic rings. The van der Waals surface area contributed by atoms with Crippen LogP contribution in [-0.2, 0) is 28.5 Å². The minimum atomic E-state index is -0.0822. The highest BCUT2D eigenvalue weighted by molar-refractivity contribution is 5.69. The molecular formula is C26H46O6. The van der Waals surface area contributed by atoms with Crippen molar-refractivity contribution in [3.05, 3.63) is 0 Å². The van der Waals surface area contributed by atoms with Crippen LogP contribution in [0.4, 0.5) is 0 Å². The maximum atomic E-state index is 12.0. The Hall–Kier alpha value is -1.14. The molecular weight excluding hydrogens is 408 g/mol. The summed E-state index contributed by atoms with van der Waals surface area (Å²) in [6.07, 6.45) is 16.0. The van der Waals surface area contributed by atoms with E-state index in [1.54, 1.807) is 0 Å². The SMILES string of the molecule is CC(CCC1CCCO1)OC(=O)CCCCCCCCC(=O)OC(C)CCC1CCCO1. The highest BCUT2D eigenvalue weighted by Crippen LogP contribution is 2.20. The van der Waals surface area contributed by atoms with Gasteiger partial charge in [0.2, 0.25) is 0 Å². The number of carbonyl (C=O) groups excluding carboxylic acids is 2. The minimum Gasteiger partial charge on any atom is -0.463 e. The number of esters is 2. The maximum Gasteiger partial charge on any atom is 0.306 e. The molecule has 0 aromatic heterocycles. The van der Waals surface area contributed by atoms with E-state index in [0.29, 0.717) is 25.0 Å². The Labute approximate surface area is 195 Å². The Morgan fingerprint density at radius 1 is 0.719 bits per heavy atom. The molecule has 2 rings (SSSR count). The summed E-state index contributed by atoms with van der Waals surface area (Å²) in [7, 11) is 0. The number of ether oxygens (including phenoxy) is 4. The third-order valence-corrected chi connectivity index (χ3v) is 6.52. The Morgan fingerprint density at radius 2 is 1.12 bits per heavy atom. The second-order valence-corrected chi connectivity index (χ2v) is 9.65. The van der Waals surface area contributed by atoms with Crippen LogP contribution >= 0.6 is 0 Å². The van der Waals surface area contributed by atoms with Crippen LogP contribution < -0.4 is 0 Å². The monoisotopic (exact) mass is 454 g/mol. The Kier molecular flexibility index (Phi) is 14.0. The molecule has 0 spiro atoms. The lowest BCUT2D eigenvalue weighted by molar-refractivity contribution is -0.150. The molecule has 0 saturated carbocycles. The van der Waals surface area contributed by atoms with Crippen LogP contribution in [0.3, 0.4) is 0 Å². The fourth-order valence-corrected chi connectivity index (χ4v) is 4.52. The van der Waals surface area contributed by atoms with Gasteiger partial charge in [0.05, 0.1) is 24.4 Å². The van der Waals surface area contributed by atoms with Crippen LogP contribution in [0.15, 0.2) is 0 Å². The van der Waals surface area contributed by atoms with Gasteiger partial charge in [-0.1, -0.05) is 25.7 Å². The molecule has 0 aliphatic carbocycles. The maximum absolute atomic E-state index is 12.0. The third kappa shape index (κ3) is 12.8. The van der Waals surface area contributed by atoms with Crippen molar-refractivity contribution in [2.45, 2.75) is 141 Å². The first-order chi connectivity index (χ1) is 15.5. The van der Waals surface area contributed by atoms with Crippen LogP contribution in [0.1, 0.15) is 117 Å². The van der Waals surface area contributed by atoms with Crippen molar-refractivity contribution in [1.29, 1.82) is 0 Å². The van der Waals surface area contributed by atoms with Crippen molar-refractivity contribution < 1.29 is 28.5 Å². The molecule has 0 aromatic rings. The van der Waals surface area contributed by atoms with E-state index < -0.39 is 0 Å². The van der Waals surface area contributed by atoms with E-state index in [1.165, 1.54) is 0 Å². The van der Waals surface area contributed by atoms with Crippen LogP contribution in [0.25, 0.3) is 0 Å². The van der Waals surface area contributed by atoms with Gasteiger partial charge in [0.25, 0.3) is 0 Å². The van der Waals surface area contributed by atoms with Gasteiger partial charge in [0.1, 0.15) is 0 Å². The zero-order valence-corrected chi connectivity index (χ0v) is 20.5. The van der Waals surface area contributed by atoms with Crippen LogP contribution in [0.5, 0.6) is 0 Å². The van der Waals surface area contributed by atoms with Gasteiger partial charge < -0.3 is 18.9 Å². The number of rotatable bonds is 17. The molecule has 0 amide bonds. The third-order valence-electron chi connectivity index (χ3n) is 6.52. The number of hydrogen-bond acceptors (Lipinski definition) is 6. The molecule has 4 atom stereocenters. The van der Waals surface area contributed by atoms with E-state index in [2.05, 4.69) is 0 Å². The normalized spacial score (nSPS) is 22.6. The second-order valence-electron chi connectivity index (χ2n) is 9.65. The van der Waals surface area contributed by atoms with Crippen LogP contribution in [0, 0.1) is 0 Å². The van der Waals surface area contributed by atoms with E-state index in [-0.39, 0.29) is 24.1 Å². The summed E-state index contributed by atoms with van der Waals surface area (Å²) in [6.45, 7) is 5.70. The lowest BCUT2D eigenvalue weighted by atomic mass is 10.1. The van der Waals surface area contributed by atoms with Crippen molar-refractivity contribution in [3.8, 4) is 0 Å². The predicted octanol–water partition coefficient (Wildman–Crippen LogP) is 5.89. The average Bonchev–Trinajstić information content (AvgIpc) is 3.47. The smallest absolute Gasteiger partial charge is 0.306 e. The molecule has 6 nitrogen and oxygen atoms in total. The van der Waals surface area contributed by atoms with E-state index in [9.17, 15) is 9.59 Å². The minimum absolute atomic E-state index is 0.0229. The highest BCUT2D eigenvalue weighted by Gasteiger charge is 2.19. The quantitative estimate of drug-likeness (QED) is 0.202. The summed E-state index contributed by atoms with van der Waals surface area (Å²) < 4.78 is 22.2. The van der Waals surface area contributed by atoms with Crippen LogP contribution in [0.2, 0.25) is 0 Å². The van der Waals surface area contributed by atoms with Gasteiger partial charge in [0, 0.05) is 26.1 Å². The molecule has 0 aromatic carbocycles. The van der Waals surface area contributed by atoms with Gasteiger partial charge in [0.15, 0.2) is 0 Å². The van der Waals surface area contributed by atoms with Gasteiger partial charge in [-0.05, 0) is 78.1 Å². The molecule has 186 valence electrons. The summed E-state index contributed by atoms with van der Waals surface area (Å²) in [5.41, 5.74) is 0. The molecule has 6 heteroatoms. The molecule has 2 heterocycles. The second kappa shape index (κ2) is 16.5. The van der Waals surface area contributed by atoms with E-state index in [1.807, 2.05) is 13.8 Å². The summed E-state index contributed by atoms with van der Waals surface area (Å²) in [5, 5.41) is 0. The summed E-state index contributed by atoms with van der Waals surface area (Å²) in [5.74, 6) is -0.164. The van der Waals surface area contributed by atoms with Gasteiger partial charge in [-0.15, -0.1) is 0 Å². The zero-order chi connectivity index (χ0) is 23.0. The fourth-order valence-electron chi connectivity index (χ4n) is 4.52. The van der Waals surface area contributed by atoms with Crippen molar-refractivity contribution in [2.75, 3.05) is 13.2 Å². The van der Waals surface area contributed by atoms with Gasteiger partial charge in [-0.2, -0.15) is 0 Å².